The minimum Gasteiger partial charge on any atom is -0.340 e. The van der Waals surface area contributed by atoms with Crippen LogP contribution >= 0.6 is 22.9 Å². The van der Waals surface area contributed by atoms with Crippen molar-refractivity contribution in [1.29, 1.82) is 0 Å². The fourth-order valence-electron chi connectivity index (χ4n) is 3.09. The molecule has 3 rings (SSSR count). The molecule has 0 radical (unpaired) electrons. The molecule has 1 fully saturated rings. The maximum atomic E-state index is 12.4. The number of benzene rings is 1. The molecule has 2 aromatic rings. The van der Waals surface area contributed by atoms with Gasteiger partial charge in [0.25, 0.3) is 0 Å². The molecule has 0 N–H and O–H groups in total. The molecule has 1 saturated heterocycles. The molecule has 0 spiro atoms. The van der Waals surface area contributed by atoms with Gasteiger partial charge < -0.3 is 9.47 Å². The zero-order valence-corrected chi connectivity index (χ0v) is 15.9. The van der Waals surface area contributed by atoms with E-state index in [4.69, 9.17) is 11.6 Å². The quantitative estimate of drug-likeness (QED) is 0.802. The number of carbonyl (C=O) groups is 1. The van der Waals surface area contributed by atoms with Gasteiger partial charge in [-0.05, 0) is 24.6 Å². The van der Waals surface area contributed by atoms with Gasteiger partial charge in [0, 0.05) is 61.8 Å². The predicted molar refractivity (Wildman–Crippen MR) is 101 cm³/mol. The highest BCUT2D eigenvalue weighted by Crippen LogP contribution is 2.14. The van der Waals surface area contributed by atoms with Gasteiger partial charge in [0.2, 0.25) is 5.91 Å². The third-order valence-electron chi connectivity index (χ3n) is 4.55. The minimum atomic E-state index is 0.0108. The average molecular weight is 380 g/mol. The lowest BCUT2D eigenvalue weighted by molar-refractivity contribution is -0.133. The molecular weight excluding hydrogens is 358 g/mol. The number of aryl methyl sites for hydroxylation is 1. The monoisotopic (exact) mass is 379 g/mol. The molecule has 0 aliphatic carbocycles. The zero-order chi connectivity index (χ0) is 17.8. The maximum Gasteiger partial charge on any atom is 0.307 e. The highest BCUT2D eigenvalue weighted by Gasteiger charge is 2.21. The van der Waals surface area contributed by atoms with E-state index in [1.807, 2.05) is 35.4 Å². The zero-order valence-electron chi connectivity index (χ0n) is 14.3. The molecule has 0 bridgehead atoms. The van der Waals surface area contributed by atoms with Gasteiger partial charge in [-0.15, -0.1) is 0 Å². The standard InChI is InChI=1S/C18H22ClN3O2S/c1-14-13-25-18(24)22(14)6-5-17(23)21-9-7-20(8-10-21)12-15-3-2-4-16(19)11-15/h2-4,11,13H,5-10,12H2,1H3. The summed E-state index contributed by atoms with van der Waals surface area (Å²) in [7, 11) is 0. The van der Waals surface area contributed by atoms with Crippen LogP contribution in [0.15, 0.2) is 34.4 Å². The normalized spacial score (nSPS) is 15.5. The van der Waals surface area contributed by atoms with Crippen molar-refractivity contribution in [2.24, 2.45) is 0 Å². The van der Waals surface area contributed by atoms with E-state index in [9.17, 15) is 9.59 Å². The van der Waals surface area contributed by atoms with Crippen LogP contribution in [0.4, 0.5) is 0 Å². The Kier molecular flexibility index (Phi) is 5.93. The summed E-state index contributed by atoms with van der Waals surface area (Å²) >= 11 is 7.22. The predicted octanol–water partition coefficient (Wildman–Crippen LogP) is 2.61. The van der Waals surface area contributed by atoms with Gasteiger partial charge >= 0.3 is 4.87 Å². The lowest BCUT2D eigenvalue weighted by Gasteiger charge is -2.35. The Labute approximate surface area is 156 Å². The average Bonchev–Trinajstić information content (AvgIpc) is 2.92. The van der Waals surface area contributed by atoms with E-state index < -0.39 is 0 Å². The largest absolute Gasteiger partial charge is 0.340 e. The molecule has 0 atom stereocenters. The molecule has 2 heterocycles. The number of nitrogens with zero attached hydrogens (tertiary/aromatic N) is 3. The van der Waals surface area contributed by atoms with Crippen molar-refractivity contribution >= 4 is 28.8 Å². The fraction of sp³-hybridized carbons (Fsp3) is 0.444. The first kappa shape index (κ1) is 18.2. The van der Waals surface area contributed by atoms with Crippen LogP contribution in [0.5, 0.6) is 0 Å². The van der Waals surface area contributed by atoms with Crippen LogP contribution in [0.3, 0.4) is 0 Å². The van der Waals surface area contributed by atoms with Gasteiger partial charge in [0.1, 0.15) is 0 Å². The highest BCUT2D eigenvalue weighted by molar-refractivity contribution is 7.07. The number of aromatic nitrogens is 1. The second kappa shape index (κ2) is 8.17. The summed E-state index contributed by atoms with van der Waals surface area (Å²) in [5.41, 5.74) is 2.12. The van der Waals surface area contributed by atoms with Crippen LogP contribution in [0, 0.1) is 6.92 Å². The van der Waals surface area contributed by atoms with E-state index in [1.165, 1.54) is 16.9 Å². The lowest BCUT2D eigenvalue weighted by atomic mass is 10.2. The second-order valence-corrected chi connectivity index (χ2v) is 7.59. The van der Waals surface area contributed by atoms with Gasteiger partial charge in [-0.1, -0.05) is 35.1 Å². The molecule has 1 aliphatic heterocycles. The van der Waals surface area contributed by atoms with Gasteiger partial charge in [-0.3, -0.25) is 14.5 Å². The number of carbonyl (C=O) groups excluding carboxylic acids is 1. The van der Waals surface area contributed by atoms with Crippen LogP contribution in [-0.4, -0.2) is 46.5 Å². The molecule has 5 nitrogen and oxygen atoms in total. The molecule has 1 aliphatic rings. The highest BCUT2D eigenvalue weighted by atomic mass is 35.5. The van der Waals surface area contributed by atoms with E-state index in [2.05, 4.69) is 11.0 Å². The molecule has 25 heavy (non-hydrogen) atoms. The van der Waals surface area contributed by atoms with E-state index in [1.54, 1.807) is 4.57 Å². The first-order valence-electron chi connectivity index (χ1n) is 8.42. The van der Waals surface area contributed by atoms with Crippen LogP contribution < -0.4 is 4.87 Å². The summed E-state index contributed by atoms with van der Waals surface area (Å²) < 4.78 is 1.68. The van der Waals surface area contributed by atoms with Crippen LogP contribution in [-0.2, 0) is 17.9 Å². The van der Waals surface area contributed by atoms with Crippen molar-refractivity contribution in [3.05, 3.63) is 55.6 Å². The number of rotatable bonds is 5. The molecule has 0 unspecified atom stereocenters. The summed E-state index contributed by atoms with van der Waals surface area (Å²) in [4.78, 5) is 28.4. The van der Waals surface area contributed by atoms with Crippen molar-refractivity contribution in [1.82, 2.24) is 14.4 Å². The van der Waals surface area contributed by atoms with Crippen LogP contribution in [0.2, 0.25) is 5.02 Å². The number of thiazole rings is 1. The Hall–Kier alpha value is -1.63. The molecule has 0 saturated carbocycles. The molecular formula is C18H22ClN3O2S. The van der Waals surface area contributed by atoms with Crippen molar-refractivity contribution < 1.29 is 4.79 Å². The Morgan fingerprint density at radius 1 is 1.24 bits per heavy atom. The number of amides is 1. The van der Waals surface area contributed by atoms with Crippen molar-refractivity contribution in [2.75, 3.05) is 26.2 Å². The molecule has 1 aromatic heterocycles. The summed E-state index contributed by atoms with van der Waals surface area (Å²) in [5.74, 6) is 0.125. The van der Waals surface area contributed by atoms with Crippen molar-refractivity contribution in [2.45, 2.75) is 26.4 Å². The lowest BCUT2D eigenvalue weighted by Crippen LogP contribution is -2.48. The third kappa shape index (κ3) is 4.71. The van der Waals surface area contributed by atoms with E-state index in [-0.39, 0.29) is 10.8 Å². The van der Waals surface area contributed by atoms with Crippen LogP contribution in [0.1, 0.15) is 17.7 Å². The first-order valence-corrected chi connectivity index (χ1v) is 9.68. The van der Waals surface area contributed by atoms with Gasteiger partial charge in [0.05, 0.1) is 0 Å². The van der Waals surface area contributed by atoms with Crippen LogP contribution in [0.25, 0.3) is 0 Å². The first-order chi connectivity index (χ1) is 12.0. The van der Waals surface area contributed by atoms with Gasteiger partial charge in [0.15, 0.2) is 0 Å². The van der Waals surface area contributed by atoms with E-state index >= 15 is 0 Å². The maximum absolute atomic E-state index is 12.4. The van der Waals surface area contributed by atoms with E-state index in [0.29, 0.717) is 13.0 Å². The number of halogens is 1. The van der Waals surface area contributed by atoms with E-state index in [0.717, 1.165) is 43.4 Å². The third-order valence-corrected chi connectivity index (χ3v) is 5.66. The second-order valence-electron chi connectivity index (χ2n) is 6.33. The summed E-state index contributed by atoms with van der Waals surface area (Å²) in [5, 5.41) is 2.59. The topological polar surface area (TPSA) is 45.6 Å². The molecule has 7 heteroatoms. The summed E-state index contributed by atoms with van der Waals surface area (Å²) in [6, 6.07) is 7.90. The molecule has 1 aromatic carbocycles. The Morgan fingerprint density at radius 3 is 2.64 bits per heavy atom. The number of hydrogen-bond donors (Lipinski definition) is 0. The minimum absolute atomic E-state index is 0.0108. The fourth-order valence-corrected chi connectivity index (χ4v) is 4.06. The smallest absolute Gasteiger partial charge is 0.307 e. The van der Waals surface area contributed by atoms with Crippen molar-refractivity contribution in [3.63, 3.8) is 0 Å². The number of piperazine rings is 1. The molecule has 134 valence electrons. The Bertz CT molecular complexity index is 794. The summed E-state index contributed by atoms with van der Waals surface area (Å²) in [6.45, 7) is 6.40. The van der Waals surface area contributed by atoms with Gasteiger partial charge in [-0.2, -0.15) is 0 Å². The summed E-state index contributed by atoms with van der Waals surface area (Å²) in [6.07, 6.45) is 0.381. The Balaban J connectivity index is 1.47. The number of hydrogen-bond acceptors (Lipinski definition) is 4. The SMILES string of the molecule is Cc1csc(=O)n1CCC(=O)N1CCN(Cc2cccc(Cl)c2)CC1. The van der Waals surface area contributed by atoms with Gasteiger partial charge in [-0.25, -0.2) is 0 Å². The van der Waals surface area contributed by atoms with Crippen molar-refractivity contribution in [3.8, 4) is 0 Å². The molecule has 1 amide bonds. The Morgan fingerprint density at radius 2 is 2.00 bits per heavy atom.